The predicted octanol–water partition coefficient (Wildman–Crippen LogP) is 3.66. The largest absolute Gasteiger partial charge is 0.496 e. The number of ether oxygens (including phenoxy) is 1. The molecule has 4 heterocycles. The van der Waals surface area contributed by atoms with Gasteiger partial charge in [0.15, 0.2) is 0 Å². The molecule has 1 aliphatic heterocycles. The molecule has 1 aliphatic rings. The number of nitrogens with zero attached hydrogens (tertiary/aromatic N) is 5. The van der Waals surface area contributed by atoms with Crippen LogP contribution in [0.15, 0.2) is 42.7 Å². The summed E-state index contributed by atoms with van der Waals surface area (Å²) in [5.41, 5.74) is 3.08. The quantitative estimate of drug-likeness (QED) is 0.486. The maximum Gasteiger partial charge on any atom is 0.274 e. The fourth-order valence-corrected chi connectivity index (χ4v) is 4.71. The van der Waals surface area contributed by atoms with Gasteiger partial charge in [0.25, 0.3) is 11.8 Å². The lowest BCUT2D eigenvalue weighted by atomic mass is 9.99. The summed E-state index contributed by atoms with van der Waals surface area (Å²) in [5, 5.41) is 7.61. The molecule has 1 aromatic carbocycles. The zero-order chi connectivity index (χ0) is 22.9. The van der Waals surface area contributed by atoms with Gasteiger partial charge in [0.1, 0.15) is 11.4 Å². The number of hydrogen-bond acceptors (Lipinski definition) is 7. The molecule has 168 valence electrons. The lowest BCUT2D eigenvalue weighted by Gasteiger charge is -2.13. The standard InChI is InChI=1S/C23H22N6O3S/c1-14-11-16(15-7-3-4-8-19(15)32-2)17(12-24-14)20(30)26-22-27-29-13-18(25-23(29)33-22)21(31)28-9-5-6-10-28/h3-4,7-8,11-13H,5-6,9-10H2,1-2H3,(H,26,27,30). The number of nitrogens with one attached hydrogen (secondary N) is 1. The number of aromatic nitrogens is 4. The number of imidazole rings is 1. The normalized spacial score (nSPS) is 13.5. The Morgan fingerprint density at radius 2 is 1.94 bits per heavy atom. The molecule has 0 saturated carbocycles. The number of hydrogen-bond donors (Lipinski definition) is 1. The highest BCUT2D eigenvalue weighted by Gasteiger charge is 2.23. The number of pyridine rings is 1. The number of amides is 2. The van der Waals surface area contributed by atoms with Gasteiger partial charge >= 0.3 is 0 Å². The van der Waals surface area contributed by atoms with E-state index < -0.39 is 0 Å². The van der Waals surface area contributed by atoms with Crippen LogP contribution in [0.1, 0.15) is 39.4 Å². The summed E-state index contributed by atoms with van der Waals surface area (Å²) < 4.78 is 7.01. The first-order valence-corrected chi connectivity index (χ1v) is 11.4. The van der Waals surface area contributed by atoms with E-state index in [0.29, 0.717) is 27.1 Å². The fraction of sp³-hybridized carbons (Fsp3) is 0.261. The van der Waals surface area contributed by atoms with Crippen molar-refractivity contribution in [1.82, 2.24) is 24.5 Å². The number of para-hydroxylation sites is 1. The fourth-order valence-electron chi connectivity index (χ4n) is 3.93. The van der Waals surface area contributed by atoms with Crippen LogP contribution in [0.2, 0.25) is 0 Å². The van der Waals surface area contributed by atoms with E-state index in [1.165, 1.54) is 15.9 Å². The smallest absolute Gasteiger partial charge is 0.274 e. The Balaban J connectivity index is 1.41. The van der Waals surface area contributed by atoms with Crippen molar-refractivity contribution in [3.63, 3.8) is 0 Å². The van der Waals surface area contributed by atoms with Crippen LogP contribution in [0.3, 0.4) is 0 Å². The minimum atomic E-state index is -0.339. The Morgan fingerprint density at radius 3 is 2.70 bits per heavy atom. The third kappa shape index (κ3) is 4.05. The van der Waals surface area contributed by atoms with Crippen molar-refractivity contribution < 1.29 is 14.3 Å². The van der Waals surface area contributed by atoms with Crippen LogP contribution < -0.4 is 10.1 Å². The monoisotopic (exact) mass is 462 g/mol. The van der Waals surface area contributed by atoms with Crippen LogP contribution in [0.4, 0.5) is 5.13 Å². The summed E-state index contributed by atoms with van der Waals surface area (Å²) in [4.78, 5) is 36.8. The van der Waals surface area contributed by atoms with Gasteiger partial charge in [0.05, 0.1) is 18.9 Å². The molecule has 1 N–H and O–H groups in total. The van der Waals surface area contributed by atoms with Crippen molar-refractivity contribution in [3.05, 3.63) is 59.7 Å². The second-order valence-electron chi connectivity index (χ2n) is 7.79. The second-order valence-corrected chi connectivity index (χ2v) is 8.74. The Morgan fingerprint density at radius 1 is 1.15 bits per heavy atom. The molecular weight excluding hydrogens is 440 g/mol. The van der Waals surface area contributed by atoms with Crippen LogP contribution in [0.25, 0.3) is 16.1 Å². The third-order valence-electron chi connectivity index (χ3n) is 5.56. The summed E-state index contributed by atoms with van der Waals surface area (Å²) >= 11 is 1.21. The minimum Gasteiger partial charge on any atom is -0.496 e. The number of methoxy groups -OCH3 is 1. The van der Waals surface area contributed by atoms with Crippen LogP contribution in [0, 0.1) is 6.92 Å². The average Bonchev–Trinajstić information content (AvgIpc) is 3.55. The van der Waals surface area contributed by atoms with E-state index in [2.05, 4.69) is 20.4 Å². The lowest BCUT2D eigenvalue weighted by Crippen LogP contribution is -2.27. The van der Waals surface area contributed by atoms with Crippen molar-refractivity contribution in [2.75, 3.05) is 25.5 Å². The molecule has 0 radical (unpaired) electrons. The van der Waals surface area contributed by atoms with Crippen LogP contribution in [-0.4, -0.2) is 56.5 Å². The molecule has 0 bridgehead atoms. The molecule has 9 nitrogen and oxygen atoms in total. The molecular formula is C23H22N6O3S. The van der Waals surface area contributed by atoms with E-state index in [4.69, 9.17) is 4.74 Å². The molecule has 2 amide bonds. The van der Waals surface area contributed by atoms with Gasteiger partial charge in [0, 0.05) is 36.1 Å². The molecule has 0 spiro atoms. The van der Waals surface area contributed by atoms with Crippen molar-refractivity contribution in [3.8, 4) is 16.9 Å². The van der Waals surface area contributed by atoms with Crippen LogP contribution in [-0.2, 0) is 0 Å². The summed E-state index contributed by atoms with van der Waals surface area (Å²) in [7, 11) is 1.60. The second kappa shape index (κ2) is 8.62. The van der Waals surface area contributed by atoms with Gasteiger partial charge in [-0.3, -0.25) is 19.9 Å². The van der Waals surface area contributed by atoms with E-state index in [1.54, 1.807) is 24.4 Å². The number of fused-ring (bicyclic) bond motifs is 1. The minimum absolute atomic E-state index is 0.0806. The number of rotatable bonds is 5. The molecule has 5 rings (SSSR count). The Bertz CT molecular complexity index is 1320. The van der Waals surface area contributed by atoms with Gasteiger partial charge in [0.2, 0.25) is 10.1 Å². The van der Waals surface area contributed by atoms with E-state index in [9.17, 15) is 9.59 Å². The molecule has 0 atom stereocenters. The number of aryl methyl sites for hydroxylation is 1. The Labute approximate surface area is 194 Å². The summed E-state index contributed by atoms with van der Waals surface area (Å²) in [6.07, 6.45) is 5.20. The summed E-state index contributed by atoms with van der Waals surface area (Å²) in [6, 6.07) is 9.39. The van der Waals surface area contributed by atoms with Gasteiger partial charge in [-0.25, -0.2) is 9.50 Å². The van der Waals surface area contributed by atoms with Crippen molar-refractivity contribution in [2.24, 2.45) is 0 Å². The molecule has 33 heavy (non-hydrogen) atoms. The first-order valence-electron chi connectivity index (χ1n) is 10.6. The average molecular weight is 463 g/mol. The summed E-state index contributed by atoms with van der Waals surface area (Å²) in [6.45, 7) is 3.40. The number of carbonyl (C=O) groups is 2. The zero-order valence-corrected chi connectivity index (χ0v) is 19.1. The Kier molecular flexibility index (Phi) is 5.51. The first-order chi connectivity index (χ1) is 16.0. The summed E-state index contributed by atoms with van der Waals surface area (Å²) in [5.74, 6) is 0.247. The van der Waals surface area contributed by atoms with Gasteiger partial charge in [-0.15, -0.1) is 5.10 Å². The van der Waals surface area contributed by atoms with Crippen molar-refractivity contribution >= 4 is 33.2 Å². The van der Waals surface area contributed by atoms with Gasteiger partial charge in [-0.05, 0) is 31.9 Å². The third-order valence-corrected chi connectivity index (χ3v) is 6.40. The first kappa shape index (κ1) is 21.1. The van der Waals surface area contributed by atoms with Gasteiger partial charge in [-0.2, -0.15) is 0 Å². The van der Waals surface area contributed by atoms with Crippen molar-refractivity contribution in [2.45, 2.75) is 19.8 Å². The predicted molar refractivity (Wildman–Crippen MR) is 125 cm³/mol. The van der Waals surface area contributed by atoms with Crippen molar-refractivity contribution in [1.29, 1.82) is 0 Å². The van der Waals surface area contributed by atoms with E-state index in [1.807, 2.05) is 37.3 Å². The van der Waals surface area contributed by atoms with Crippen LogP contribution in [0.5, 0.6) is 5.75 Å². The molecule has 1 fully saturated rings. The molecule has 4 aromatic rings. The molecule has 10 heteroatoms. The maximum absolute atomic E-state index is 13.2. The zero-order valence-electron chi connectivity index (χ0n) is 18.2. The highest BCUT2D eigenvalue weighted by molar-refractivity contribution is 7.20. The number of anilines is 1. The van der Waals surface area contributed by atoms with E-state index >= 15 is 0 Å². The van der Waals surface area contributed by atoms with Gasteiger partial charge < -0.3 is 9.64 Å². The SMILES string of the molecule is COc1ccccc1-c1cc(C)ncc1C(=O)Nc1nn2cc(C(=O)N3CCCC3)nc2s1. The number of benzene rings is 1. The highest BCUT2D eigenvalue weighted by atomic mass is 32.1. The topological polar surface area (TPSA) is 102 Å². The molecule has 0 aliphatic carbocycles. The maximum atomic E-state index is 13.2. The molecule has 1 saturated heterocycles. The lowest BCUT2D eigenvalue weighted by molar-refractivity contribution is 0.0787. The van der Waals surface area contributed by atoms with E-state index in [0.717, 1.165) is 42.8 Å². The van der Waals surface area contributed by atoms with Gasteiger partial charge in [-0.1, -0.05) is 29.5 Å². The van der Waals surface area contributed by atoms with Crippen LogP contribution >= 0.6 is 11.3 Å². The molecule has 0 unspecified atom stereocenters. The Hall–Kier alpha value is -3.79. The van der Waals surface area contributed by atoms with E-state index in [-0.39, 0.29) is 11.8 Å². The highest BCUT2D eigenvalue weighted by Crippen LogP contribution is 2.33. The molecule has 3 aromatic heterocycles. The number of carbonyl (C=O) groups excluding carboxylic acids is 2. The number of likely N-dealkylation sites (tertiary alicyclic amines) is 1.